The van der Waals surface area contributed by atoms with Gasteiger partial charge in [0.05, 0.1) is 10.2 Å². The first kappa shape index (κ1) is 14.4. The number of halogens is 1. The fourth-order valence-corrected chi connectivity index (χ4v) is 3.11. The second-order valence-corrected chi connectivity index (χ2v) is 5.97. The zero-order chi connectivity index (χ0) is 16.7. The zero-order valence-electron chi connectivity index (χ0n) is 12.1. The summed E-state index contributed by atoms with van der Waals surface area (Å²) in [6, 6.07) is 11.6. The van der Waals surface area contributed by atoms with Crippen molar-refractivity contribution in [1.82, 2.24) is 19.7 Å². The molecule has 4 rings (SSSR count). The Bertz CT molecular complexity index is 1010. The Morgan fingerprint density at radius 1 is 1.17 bits per heavy atom. The summed E-state index contributed by atoms with van der Waals surface area (Å²) in [5.74, 6) is -0.792. The van der Waals surface area contributed by atoms with Gasteiger partial charge in [-0.1, -0.05) is 23.5 Å². The molecule has 0 aliphatic heterocycles. The number of hydrogen-bond donors (Lipinski definition) is 3. The molecule has 120 valence electrons. The molecule has 7 nitrogen and oxygen atoms in total. The number of phenolic OH excluding ortho intramolecular Hbond substituents is 1. The number of thiazole rings is 1. The summed E-state index contributed by atoms with van der Waals surface area (Å²) in [6.07, 6.45) is 0. The van der Waals surface area contributed by atoms with E-state index in [0.717, 1.165) is 16.3 Å². The zero-order valence-corrected chi connectivity index (χ0v) is 13.0. The molecule has 24 heavy (non-hydrogen) atoms. The van der Waals surface area contributed by atoms with Crippen LogP contribution in [0.2, 0.25) is 0 Å². The maximum absolute atomic E-state index is 13.4. The van der Waals surface area contributed by atoms with Gasteiger partial charge in [-0.25, -0.2) is 9.37 Å². The van der Waals surface area contributed by atoms with Gasteiger partial charge in [0.1, 0.15) is 0 Å². The van der Waals surface area contributed by atoms with Gasteiger partial charge in [0, 0.05) is 11.8 Å². The molecule has 0 unspecified atom stereocenters. The number of nitrogens with zero attached hydrogens (tertiary/aromatic N) is 4. The number of hydrogen-bond acceptors (Lipinski definition) is 7. The van der Waals surface area contributed by atoms with Crippen molar-refractivity contribution < 1.29 is 9.50 Å². The smallest absolute Gasteiger partial charge is 0.248 e. The molecule has 2 heterocycles. The minimum absolute atomic E-state index is 0.163. The minimum Gasteiger partial charge on any atom is -0.505 e. The lowest BCUT2D eigenvalue weighted by molar-refractivity contribution is 0.432. The van der Waals surface area contributed by atoms with Crippen LogP contribution in [-0.2, 0) is 0 Å². The van der Waals surface area contributed by atoms with Gasteiger partial charge < -0.3 is 16.2 Å². The van der Waals surface area contributed by atoms with Crippen LogP contribution in [0, 0.1) is 5.82 Å². The highest BCUT2D eigenvalue weighted by Crippen LogP contribution is 2.27. The number of phenols is 1. The Labute approximate surface area is 139 Å². The van der Waals surface area contributed by atoms with Crippen molar-refractivity contribution >= 4 is 39.1 Å². The van der Waals surface area contributed by atoms with E-state index in [1.165, 1.54) is 28.2 Å². The number of rotatable bonds is 3. The molecule has 0 fully saturated rings. The Morgan fingerprint density at radius 3 is 2.79 bits per heavy atom. The molecule has 4 aromatic rings. The molecular formula is C15H11FN6OS. The summed E-state index contributed by atoms with van der Waals surface area (Å²) < 4.78 is 15.8. The summed E-state index contributed by atoms with van der Waals surface area (Å²) in [7, 11) is 0. The second kappa shape index (κ2) is 5.46. The van der Waals surface area contributed by atoms with Crippen LogP contribution in [0.5, 0.6) is 5.75 Å². The van der Waals surface area contributed by atoms with Gasteiger partial charge in [-0.15, -0.1) is 5.10 Å². The molecule has 0 saturated carbocycles. The van der Waals surface area contributed by atoms with Crippen molar-refractivity contribution in [2.24, 2.45) is 0 Å². The van der Waals surface area contributed by atoms with E-state index >= 15 is 0 Å². The average molecular weight is 342 g/mol. The number of fused-ring (bicyclic) bond motifs is 1. The van der Waals surface area contributed by atoms with Crippen LogP contribution in [0.25, 0.3) is 15.3 Å². The molecule has 0 amide bonds. The lowest BCUT2D eigenvalue weighted by Gasteiger charge is -2.02. The van der Waals surface area contributed by atoms with Crippen LogP contribution in [-0.4, -0.2) is 24.9 Å². The number of nitrogen functional groups attached to an aromatic ring is 1. The third-order valence-corrected chi connectivity index (χ3v) is 4.31. The molecule has 2 aromatic carbocycles. The number of benzene rings is 2. The van der Waals surface area contributed by atoms with E-state index in [4.69, 9.17) is 5.73 Å². The molecule has 0 radical (unpaired) electrons. The molecular weight excluding hydrogens is 331 g/mol. The third-order valence-electron chi connectivity index (χ3n) is 3.30. The largest absolute Gasteiger partial charge is 0.505 e. The van der Waals surface area contributed by atoms with E-state index in [0.29, 0.717) is 10.8 Å². The average Bonchev–Trinajstić information content (AvgIpc) is 3.14. The van der Waals surface area contributed by atoms with Crippen molar-refractivity contribution in [3.8, 4) is 10.9 Å². The van der Waals surface area contributed by atoms with Gasteiger partial charge >= 0.3 is 0 Å². The standard InChI is InChI=1S/C15H11FN6OS/c16-9-7-8(5-6-11(9)23)18-14-20-13(17)22(21-14)15-19-10-3-1-2-4-12(10)24-15/h1-7,23H,(H3,17,18,20,21). The molecule has 0 spiro atoms. The lowest BCUT2D eigenvalue weighted by atomic mass is 10.3. The van der Waals surface area contributed by atoms with E-state index in [9.17, 15) is 9.50 Å². The first-order valence-corrected chi connectivity index (χ1v) is 7.76. The van der Waals surface area contributed by atoms with Crippen LogP contribution < -0.4 is 11.1 Å². The molecule has 0 bridgehead atoms. The second-order valence-electron chi connectivity index (χ2n) is 4.96. The van der Waals surface area contributed by atoms with Crippen molar-refractivity contribution in [1.29, 1.82) is 0 Å². The first-order chi connectivity index (χ1) is 11.6. The summed E-state index contributed by atoms with van der Waals surface area (Å²) >= 11 is 1.44. The summed E-state index contributed by atoms with van der Waals surface area (Å²) in [4.78, 5) is 8.57. The SMILES string of the molecule is Nc1nc(Nc2ccc(O)c(F)c2)nn1-c1nc2ccccc2s1. The monoisotopic (exact) mass is 342 g/mol. The van der Waals surface area contributed by atoms with Gasteiger partial charge in [0.15, 0.2) is 11.6 Å². The predicted octanol–water partition coefficient (Wildman–Crippen LogP) is 3.05. The van der Waals surface area contributed by atoms with Crippen molar-refractivity contribution in [3.63, 3.8) is 0 Å². The predicted molar refractivity (Wildman–Crippen MR) is 90.3 cm³/mol. The van der Waals surface area contributed by atoms with E-state index in [2.05, 4.69) is 20.4 Å². The highest BCUT2D eigenvalue weighted by molar-refractivity contribution is 7.20. The number of aromatic nitrogens is 4. The molecule has 0 aliphatic rings. The van der Waals surface area contributed by atoms with E-state index < -0.39 is 11.6 Å². The fraction of sp³-hybridized carbons (Fsp3) is 0. The van der Waals surface area contributed by atoms with Crippen LogP contribution in [0.3, 0.4) is 0 Å². The quantitative estimate of drug-likeness (QED) is 0.495. The van der Waals surface area contributed by atoms with E-state index in [1.807, 2.05) is 24.3 Å². The summed E-state index contributed by atoms with van der Waals surface area (Å²) in [6.45, 7) is 0. The number of para-hydroxylation sites is 1. The lowest BCUT2D eigenvalue weighted by Crippen LogP contribution is -2.01. The number of aromatic hydroxyl groups is 1. The van der Waals surface area contributed by atoms with Gasteiger partial charge in [0.2, 0.25) is 17.0 Å². The summed E-state index contributed by atoms with van der Waals surface area (Å²) in [5.41, 5.74) is 7.15. The maximum Gasteiger partial charge on any atom is 0.248 e. The van der Waals surface area contributed by atoms with Gasteiger partial charge in [-0.2, -0.15) is 9.67 Å². The number of nitrogens with two attached hydrogens (primary N) is 1. The molecule has 0 atom stereocenters. The van der Waals surface area contributed by atoms with Gasteiger partial charge in [-0.3, -0.25) is 0 Å². The van der Waals surface area contributed by atoms with E-state index in [1.54, 1.807) is 0 Å². The Hall–Kier alpha value is -3.20. The number of anilines is 3. The molecule has 0 aliphatic carbocycles. The molecule has 4 N–H and O–H groups in total. The topological polar surface area (TPSA) is 102 Å². The normalized spacial score (nSPS) is 11.0. The maximum atomic E-state index is 13.4. The van der Waals surface area contributed by atoms with Crippen molar-refractivity contribution in [3.05, 3.63) is 48.3 Å². The highest BCUT2D eigenvalue weighted by Gasteiger charge is 2.13. The van der Waals surface area contributed by atoms with E-state index in [-0.39, 0.29) is 11.9 Å². The van der Waals surface area contributed by atoms with Crippen molar-refractivity contribution in [2.45, 2.75) is 0 Å². The van der Waals surface area contributed by atoms with Gasteiger partial charge in [-0.05, 0) is 24.3 Å². The fourth-order valence-electron chi connectivity index (χ4n) is 2.18. The number of nitrogens with one attached hydrogen (secondary N) is 1. The first-order valence-electron chi connectivity index (χ1n) is 6.94. The van der Waals surface area contributed by atoms with Crippen LogP contribution in [0.4, 0.5) is 22.0 Å². The van der Waals surface area contributed by atoms with Crippen LogP contribution in [0.1, 0.15) is 0 Å². The Balaban J connectivity index is 1.67. The molecule has 2 aromatic heterocycles. The molecule has 9 heteroatoms. The summed E-state index contributed by atoms with van der Waals surface area (Å²) in [5, 5.41) is 16.9. The van der Waals surface area contributed by atoms with Crippen LogP contribution in [0.15, 0.2) is 42.5 Å². The van der Waals surface area contributed by atoms with Crippen LogP contribution >= 0.6 is 11.3 Å². The Kier molecular flexibility index (Phi) is 3.28. The Morgan fingerprint density at radius 2 is 2.00 bits per heavy atom. The third kappa shape index (κ3) is 2.50. The minimum atomic E-state index is -0.737. The highest BCUT2D eigenvalue weighted by atomic mass is 32.1. The molecule has 0 saturated heterocycles. The van der Waals surface area contributed by atoms with Gasteiger partial charge in [0.25, 0.3) is 0 Å². The van der Waals surface area contributed by atoms with Crippen molar-refractivity contribution in [2.75, 3.05) is 11.1 Å².